The van der Waals surface area contributed by atoms with Crippen molar-refractivity contribution in [3.05, 3.63) is 33.3 Å². The molecule has 2 nitrogen and oxygen atoms in total. The summed E-state index contributed by atoms with van der Waals surface area (Å²) in [5, 5.41) is 0. The van der Waals surface area contributed by atoms with Crippen LogP contribution in [0.1, 0.15) is 34.8 Å². The van der Waals surface area contributed by atoms with E-state index in [-0.39, 0.29) is 11.7 Å². The summed E-state index contributed by atoms with van der Waals surface area (Å²) in [5.74, 6) is 0.204. The van der Waals surface area contributed by atoms with Crippen LogP contribution in [-0.2, 0) is 4.74 Å². The zero-order valence-corrected chi connectivity index (χ0v) is 12.4. The number of methoxy groups -OCH3 is 1. The molecule has 0 N–H and O–H groups in total. The number of ketones is 1. The third kappa shape index (κ3) is 3.65. The van der Waals surface area contributed by atoms with Crippen LogP contribution in [0.25, 0.3) is 0 Å². The fraction of sp³-hybridized carbons (Fsp3) is 0.500. The SMILES string of the molecule is COCCC(C)C(=O)c1cc(C)c(Br)c(C)c1. The largest absolute Gasteiger partial charge is 0.385 e. The molecule has 1 atom stereocenters. The van der Waals surface area contributed by atoms with Crippen LogP contribution in [0, 0.1) is 19.8 Å². The maximum absolute atomic E-state index is 12.2. The molecule has 0 saturated heterocycles. The van der Waals surface area contributed by atoms with Crippen LogP contribution in [0.15, 0.2) is 16.6 Å². The summed E-state index contributed by atoms with van der Waals surface area (Å²) in [6.45, 7) is 6.59. The van der Waals surface area contributed by atoms with Crippen LogP contribution in [0.2, 0.25) is 0 Å². The first-order chi connectivity index (χ1) is 7.97. The number of rotatable bonds is 5. The van der Waals surface area contributed by atoms with E-state index < -0.39 is 0 Å². The Hall–Kier alpha value is -0.670. The molecule has 0 amide bonds. The molecule has 0 aliphatic heterocycles. The van der Waals surface area contributed by atoms with E-state index in [0.717, 1.165) is 27.6 Å². The Labute approximate surface area is 111 Å². The molecule has 1 aromatic carbocycles. The third-order valence-corrected chi connectivity index (χ3v) is 4.17. The van der Waals surface area contributed by atoms with E-state index in [2.05, 4.69) is 15.9 Å². The molecule has 0 heterocycles. The highest BCUT2D eigenvalue weighted by Gasteiger charge is 2.16. The molecule has 3 heteroatoms. The normalized spacial score (nSPS) is 12.5. The van der Waals surface area contributed by atoms with Gasteiger partial charge in [-0.15, -0.1) is 0 Å². The van der Waals surface area contributed by atoms with Crippen molar-refractivity contribution in [3.63, 3.8) is 0 Å². The molecule has 0 aliphatic rings. The minimum Gasteiger partial charge on any atom is -0.385 e. The number of aryl methyl sites for hydroxylation is 2. The lowest BCUT2D eigenvalue weighted by atomic mass is 9.94. The van der Waals surface area contributed by atoms with Gasteiger partial charge in [0.2, 0.25) is 0 Å². The van der Waals surface area contributed by atoms with Crippen LogP contribution in [-0.4, -0.2) is 19.5 Å². The standard InChI is InChI=1S/C14H19BrO2/c1-9(5-6-17-4)14(16)12-7-10(2)13(15)11(3)8-12/h7-9H,5-6H2,1-4H3. The lowest BCUT2D eigenvalue weighted by Gasteiger charge is -2.12. The van der Waals surface area contributed by atoms with Gasteiger partial charge in [-0.05, 0) is 43.5 Å². The van der Waals surface area contributed by atoms with E-state index in [1.54, 1.807) is 7.11 Å². The van der Waals surface area contributed by atoms with Crippen molar-refractivity contribution in [1.29, 1.82) is 0 Å². The average Bonchev–Trinajstić information content (AvgIpc) is 2.31. The number of benzene rings is 1. The molecule has 0 aromatic heterocycles. The summed E-state index contributed by atoms with van der Waals surface area (Å²) < 4.78 is 6.09. The van der Waals surface area contributed by atoms with Crippen molar-refractivity contribution in [2.75, 3.05) is 13.7 Å². The van der Waals surface area contributed by atoms with Gasteiger partial charge in [-0.3, -0.25) is 4.79 Å². The van der Waals surface area contributed by atoms with Crippen molar-refractivity contribution >= 4 is 21.7 Å². The van der Waals surface area contributed by atoms with Crippen molar-refractivity contribution < 1.29 is 9.53 Å². The molecule has 0 aliphatic carbocycles. The number of Topliss-reactive ketones (excluding diaryl/α,β-unsaturated/α-hetero) is 1. The minimum atomic E-state index is 0.00919. The predicted octanol–water partition coefficient (Wildman–Crippen LogP) is 3.92. The Bertz CT molecular complexity index is 390. The second-order valence-corrected chi connectivity index (χ2v) is 5.26. The molecule has 0 saturated carbocycles. The second-order valence-electron chi connectivity index (χ2n) is 4.47. The van der Waals surface area contributed by atoms with E-state index in [9.17, 15) is 4.79 Å². The second kappa shape index (κ2) is 6.31. The number of carbonyl (C=O) groups excluding carboxylic acids is 1. The fourth-order valence-electron chi connectivity index (χ4n) is 1.80. The molecule has 0 radical (unpaired) electrons. The zero-order chi connectivity index (χ0) is 13.0. The van der Waals surface area contributed by atoms with E-state index in [1.165, 1.54) is 0 Å². The first kappa shape index (κ1) is 14.4. The fourth-order valence-corrected chi connectivity index (χ4v) is 2.03. The maximum Gasteiger partial charge on any atom is 0.165 e. The monoisotopic (exact) mass is 298 g/mol. The number of hydrogen-bond acceptors (Lipinski definition) is 2. The van der Waals surface area contributed by atoms with Crippen molar-refractivity contribution in [3.8, 4) is 0 Å². The highest BCUT2D eigenvalue weighted by molar-refractivity contribution is 9.10. The predicted molar refractivity (Wildman–Crippen MR) is 73.6 cm³/mol. The molecule has 94 valence electrons. The molecule has 1 aromatic rings. The van der Waals surface area contributed by atoms with Crippen molar-refractivity contribution in [2.24, 2.45) is 5.92 Å². The van der Waals surface area contributed by atoms with E-state index in [0.29, 0.717) is 6.61 Å². The van der Waals surface area contributed by atoms with Gasteiger partial charge >= 0.3 is 0 Å². The Balaban J connectivity index is 2.89. The molecule has 1 unspecified atom stereocenters. The van der Waals surface area contributed by atoms with Crippen LogP contribution < -0.4 is 0 Å². The number of hydrogen-bond donors (Lipinski definition) is 0. The summed E-state index contributed by atoms with van der Waals surface area (Å²) in [7, 11) is 1.66. The van der Waals surface area contributed by atoms with Crippen molar-refractivity contribution in [1.82, 2.24) is 0 Å². The summed E-state index contributed by atoms with van der Waals surface area (Å²) >= 11 is 3.51. The van der Waals surface area contributed by atoms with Crippen LogP contribution in [0.5, 0.6) is 0 Å². The maximum atomic E-state index is 12.2. The highest BCUT2D eigenvalue weighted by Crippen LogP contribution is 2.24. The number of halogens is 1. The summed E-state index contributed by atoms with van der Waals surface area (Å²) in [5.41, 5.74) is 3.01. The molecule has 0 fully saturated rings. The summed E-state index contributed by atoms with van der Waals surface area (Å²) in [6.07, 6.45) is 0.767. The average molecular weight is 299 g/mol. The Kier molecular flexibility index (Phi) is 5.34. The van der Waals surface area contributed by atoms with E-state index >= 15 is 0 Å². The van der Waals surface area contributed by atoms with Crippen molar-refractivity contribution in [2.45, 2.75) is 27.2 Å². The van der Waals surface area contributed by atoms with Crippen LogP contribution in [0.3, 0.4) is 0 Å². The molecule has 0 spiro atoms. The molecule has 17 heavy (non-hydrogen) atoms. The summed E-state index contributed by atoms with van der Waals surface area (Å²) in [6, 6.07) is 3.89. The van der Waals surface area contributed by atoms with Crippen LogP contribution in [0.4, 0.5) is 0 Å². The Morgan fingerprint density at radius 1 is 1.35 bits per heavy atom. The number of carbonyl (C=O) groups is 1. The quantitative estimate of drug-likeness (QED) is 0.770. The lowest BCUT2D eigenvalue weighted by molar-refractivity contribution is 0.0893. The Morgan fingerprint density at radius 2 is 1.88 bits per heavy atom. The smallest absolute Gasteiger partial charge is 0.165 e. The van der Waals surface area contributed by atoms with Gasteiger partial charge in [0.1, 0.15) is 0 Å². The molecular formula is C14H19BrO2. The molecular weight excluding hydrogens is 280 g/mol. The minimum absolute atomic E-state index is 0.00919. The highest BCUT2D eigenvalue weighted by atomic mass is 79.9. The van der Waals surface area contributed by atoms with Gasteiger partial charge in [0.05, 0.1) is 0 Å². The van der Waals surface area contributed by atoms with Gasteiger partial charge in [0, 0.05) is 29.7 Å². The van der Waals surface area contributed by atoms with Gasteiger partial charge in [-0.1, -0.05) is 22.9 Å². The zero-order valence-electron chi connectivity index (χ0n) is 10.8. The van der Waals surface area contributed by atoms with E-state index in [4.69, 9.17) is 4.74 Å². The first-order valence-corrected chi connectivity index (χ1v) is 6.56. The van der Waals surface area contributed by atoms with Gasteiger partial charge in [-0.2, -0.15) is 0 Å². The Morgan fingerprint density at radius 3 is 2.35 bits per heavy atom. The first-order valence-electron chi connectivity index (χ1n) is 5.77. The van der Waals surface area contributed by atoms with Gasteiger partial charge in [-0.25, -0.2) is 0 Å². The summed E-state index contributed by atoms with van der Waals surface area (Å²) in [4.78, 5) is 12.2. The third-order valence-electron chi connectivity index (χ3n) is 2.92. The van der Waals surface area contributed by atoms with Gasteiger partial charge < -0.3 is 4.74 Å². The van der Waals surface area contributed by atoms with Crippen LogP contribution >= 0.6 is 15.9 Å². The van der Waals surface area contributed by atoms with Gasteiger partial charge in [0.15, 0.2) is 5.78 Å². The number of ether oxygens (including phenoxy) is 1. The van der Waals surface area contributed by atoms with Gasteiger partial charge in [0.25, 0.3) is 0 Å². The molecule has 1 rings (SSSR count). The van der Waals surface area contributed by atoms with E-state index in [1.807, 2.05) is 32.9 Å². The molecule has 0 bridgehead atoms. The lowest BCUT2D eigenvalue weighted by Crippen LogP contribution is -2.14. The topological polar surface area (TPSA) is 26.3 Å².